The van der Waals surface area contributed by atoms with Crippen molar-refractivity contribution in [3.8, 4) is 11.5 Å². The number of H-pyrrole nitrogens is 1. The second kappa shape index (κ2) is 7.08. The van der Waals surface area contributed by atoms with Crippen molar-refractivity contribution >= 4 is 17.0 Å². The summed E-state index contributed by atoms with van der Waals surface area (Å²) in [6, 6.07) is 23.7. The smallest absolute Gasteiger partial charge is 0.166 e. The number of fused-ring (bicyclic) bond motifs is 4. The summed E-state index contributed by atoms with van der Waals surface area (Å²) in [5, 5.41) is 12.4. The molecular formula is C33H32N2O2. The van der Waals surface area contributed by atoms with Gasteiger partial charge >= 0.3 is 0 Å². The molecule has 3 aromatic carbocycles. The fourth-order valence-electron chi connectivity index (χ4n) is 8.98. The van der Waals surface area contributed by atoms with Gasteiger partial charge in [0.05, 0.1) is 11.1 Å². The highest BCUT2D eigenvalue weighted by Crippen LogP contribution is 2.75. The molecule has 8 rings (SSSR count). The molecule has 2 aliphatic carbocycles. The molecular weight excluding hydrogens is 456 g/mol. The third-order valence-electron chi connectivity index (χ3n) is 10.4. The average molecular weight is 489 g/mol. The van der Waals surface area contributed by atoms with Gasteiger partial charge in [-0.15, -0.1) is 0 Å². The lowest BCUT2D eigenvalue weighted by Gasteiger charge is -2.67. The third-order valence-corrected chi connectivity index (χ3v) is 10.4. The van der Waals surface area contributed by atoms with Crippen molar-refractivity contribution in [2.45, 2.75) is 49.7 Å². The van der Waals surface area contributed by atoms with Gasteiger partial charge in [0.2, 0.25) is 0 Å². The van der Waals surface area contributed by atoms with E-state index in [2.05, 4.69) is 96.7 Å². The number of aromatic nitrogens is 1. The molecule has 3 heterocycles. The minimum Gasteiger partial charge on any atom is -0.504 e. The Bertz CT molecular complexity index is 1600. The highest BCUT2D eigenvalue weighted by atomic mass is 16.5. The molecule has 1 fully saturated rings. The number of nitrogens with one attached hydrogen (secondary N) is 1. The first kappa shape index (κ1) is 21.6. The van der Waals surface area contributed by atoms with E-state index < -0.39 is 5.60 Å². The summed E-state index contributed by atoms with van der Waals surface area (Å²) >= 11 is 0. The maximum absolute atomic E-state index is 11.1. The molecule has 2 N–H and O–H groups in total. The number of rotatable bonds is 3. The second-order valence-electron chi connectivity index (χ2n) is 11.8. The summed E-state index contributed by atoms with van der Waals surface area (Å²) in [5.74, 6) is 0.985. The summed E-state index contributed by atoms with van der Waals surface area (Å²) in [4.78, 5) is 6.42. The summed E-state index contributed by atoms with van der Waals surface area (Å²) in [5.41, 5.74) is 6.73. The predicted octanol–water partition coefficient (Wildman–Crippen LogP) is 6.33. The third kappa shape index (κ3) is 2.43. The number of benzene rings is 3. The second-order valence-corrected chi connectivity index (χ2v) is 11.8. The van der Waals surface area contributed by atoms with Gasteiger partial charge in [-0.05, 0) is 75.0 Å². The van der Waals surface area contributed by atoms with Crippen LogP contribution in [0, 0.1) is 5.41 Å². The van der Waals surface area contributed by atoms with Gasteiger partial charge in [0.25, 0.3) is 0 Å². The zero-order chi connectivity index (χ0) is 25.0. The molecule has 0 saturated carbocycles. The maximum atomic E-state index is 11.1. The van der Waals surface area contributed by atoms with Gasteiger partial charge in [-0.1, -0.05) is 66.7 Å². The van der Waals surface area contributed by atoms with Crippen LogP contribution in [-0.4, -0.2) is 34.6 Å². The standard InChI is InChI=1S/C33H32N2O2/c1-31-30-24(23-12-6-7-13-25(23)34-30)20-32(16-8-11-21-9-4-3-5-10-21)27-19-22-14-15-26(36)29(37-31)28(22)33(31,32)17-18-35(27)2/h3-15,27,34,36H,16-20H2,1-2H3/b11-8+/t27-,31-,32-,33-/m0/s1. The van der Waals surface area contributed by atoms with E-state index >= 15 is 0 Å². The Morgan fingerprint density at radius 3 is 2.76 bits per heavy atom. The molecule has 4 aliphatic rings. The number of aromatic hydroxyl groups is 1. The molecule has 4 atom stereocenters. The first-order valence-corrected chi connectivity index (χ1v) is 13.5. The van der Waals surface area contributed by atoms with Gasteiger partial charge < -0.3 is 19.7 Å². The van der Waals surface area contributed by atoms with Crippen LogP contribution in [0.5, 0.6) is 11.5 Å². The highest BCUT2D eigenvalue weighted by Gasteiger charge is 2.76. The number of phenolic OH excluding ortho intramolecular Hbond substituents is 1. The van der Waals surface area contributed by atoms with Crippen molar-refractivity contribution < 1.29 is 9.84 Å². The molecule has 4 aromatic rings. The quantitative estimate of drug-likeness (QED) is 0.355. The van der Waals surface area contributed by atoms with Crippen LogP contribution in [0.15, 0.2) is 72.8 Å². The van der Waals surface area contributed by atoms with Crippen LogP contribution in [0.3, 0.4) is 0 Å². The number of nitrogens with zero attached hydrogens (tertiary/aromatic N) is 1. The lowest BCUT2D eigenvalue weighted by molar-refractivity contribution is -0.142. The summed E-state index contributed by atoms with van der Waals surface area (Å²) in [7, 11) is 2.31. The minimum atomic E-state index is -0.587. The van der Waals surface area contributed by atoms with Gasteiger partial charge in [0.1, 0.15) is 0 Å². The number of phenols is 1. The van der Waals surface area contributed by atoms with Crippen LogP contribution in [0.25, 0.3) is 17.0 Å². The number of ether oxygens (including phenoxy) is 1. The number of hydrogen-bond acceptors (Lipinski definition) is 3. The Hall–Kier alpha value is -3.50. The number of allylic oxidation sites excluding steroid dienone is 1. The van der Waals surface area contributed by atoms with Crippen LogP contribution in [0.2, 0.25) is 0 Å². The Morgan fingerprint density at radius 1 is 1.08 bits per heavy atom. The van der Waals surface area contributed by atoms with Crippen LogP contribution in [0.1, 0.15) is 47.7 Å². The van der Waals surface area contributed by atoms with Crippen molar-refractivity contribution in [1.29, 1.82) is 0 Å². The van der Waals surface area contributed by atoms with E-state index in [1.165, 1.54) is 38.9 Å². The van der Waals surface area contributed by atoms with Crippen molar-refractivity contribution in [3.63, 3.8) is 0 Å². The molecule has 1 spiro atoms. The van der Waals surface area contributed by atoms with Gasteiger partial charge in [-0.3, -0.25) is 0 Å². The number of likely N-dealkylation sites (tertiary alicyclic amines) is 1. The van der Waals surface area contributed by atoms with Crippen molar-refractivity contribution in [2.24, 2.45) is 5.41 Å². The molecule has 0 radical (unpaired) electrons. The largest absolute Gasteiger partial charge is 0.504 e. The first-order chi connectivity index (χ1) is 18.0. The summed E-state index contributed by atoms with van der Waals surface area (Å²) in [6.07, 6.45) is 8.65. The number of piperidine rings is 1. The van der Waals surface area contributed by atoms with E-state index in [9.17, 15) is 5.11 Å². The van der Waals surface area contributed by atoms with E-state index in [4.69, 9.17) is 4.74 Å². The summed E-state index contributed by atoms with van der Waals surface area (Å²) in [6.45, 7) is 3.32. The minimum absolute atomic E-state index is 0.0654. The monoisotopic (exact) mass is 488 g/mol. The maximum Gasteiger partial charge on any atom is 0.166 e. The molecule has 37 heavy (non-hydrogen) atoms. The molecule has 1 aromatic heterocycles. The molecule has 1 saturated heterocycles. The van der Waals surface area contributed by atoms with E-state index in [1.807, 2.05) is 6.07 Å². The van der Waals surface area contributed by atoms with Crippen molar-refractivity contribution in [1.82, 2.24) is 9.88 Å². The fraction of sp³-hybridized carbons (Fsp3) is 0.333. The highest BCUT2D eigenvalue weighted by molar-refractivity contribution is 5.86. The lowest BCUT2D eigenvalue weighted by Crippen LogP contribution is -2.73. The SMILES string of the molecule is CN1CC[C@]23c4c5ccc(O)c4O[C@@]2(C)c2[nH]c4ccccc4c2C[C@@]3(C/C=C/c2ccccc2)[C@@H]1C5. The Kier molecular flexibility index (Phi) is 4.13. The molecule has 0 amide bonds. The molecule has 4 heteroatoms. The van der Waals surface area contributed by atoms with Gasteiger partial charge in [0.15, 0.2) is 17.1 Å². The number of aromatic amines is 1. The van der Waals surface area contributed by atoms with E-state index in [0.29, 0.717) is 11.8 Å². The lowest BCUT2D eigenvalue weighted by atomic mass is 9.39. The van der Waals surface area contributed by atoms with E-state index in [0.717, 1.165) is 32.2 Å². The summed E-state index contributed by atoms with van der Waals surface area (Å²) < 4.78 is 7.05. The first-order valence-electron chi connectivity index (χ1n) is 13.5. The van der Waals surface area contributed by atoms with Crippen LogP contribution >= 0.6 is 0 Å². The molecule has 186 valence electrons. The van der Waals surface area contributed by atoms with Gasteiger partial charge in [-0.2, -0.15) is 0 Å². The number of para-hydroxylation sites is 1. The zero-order valence-electron chi connectivity index (χ0n) is 21.4. The predicted molar refractivity (Wildman–Crippen MR) is 147 cm³/mol. The van der Waals surface area contributed by atoms with Gasteiger partial charge in [-0.25, -0.2) is 0 Å². The van der Waals surface area contributed by atoms with E-state index in [1.54, 1.807) is 0 Å². The zero-order valence-corrected chi connectivity index (χ0v) is 21.4. The number of likely N-dealkylation sites (N-methyl/N-ethyl adjacent to an activating group) is 1. The van der Waals surface area contributed by atoms with Crippen LogP contribution < -0.4 is 4.74 Å². The molecule has 2 aliphatic heterocycles. The molecule has 0 unspecified atom stereocenters. The molecule has 4 nitrogen and oxygen atoms in total. The molecule has 2 bridgehead atoms. The normalized spacial score (nSPS) is 31.4. The Morgan fingerprint density at radius 2 is 1.89 bits per heavy atom. The van der Waals surface area contributed by atoms with Crippen LogP contribution in [0.4, 0.5) is 0 Å². The van der Waals surface area contributed by atoms with Crippen molar-refractivity contribution in [3.05, 3.63) is 101 Å². The number of hydrogen-bond donors (Lipinski definition) is 2. The van der Waals surface area contributed by atoms with Gasteiger partial charge in [0, 0.05) is 27.9 Å². The average Bonchev–Trinajstić information content (AvgIpc) is 3.41. The van der Waals surface area contributed by atoms with E-state index in [-0.39, 0.29) is 16.6 Å². The Balaban J connectivity index is 1.44. The Labute approximate surface area is 217 Å². The topological polar surface area (TPSA) is 48.5 Å². The van der Waals surface area contributed by atoms with Crippen molar-refractivity contribution in [2.75, 3.05) is 13.6 Å². The fourth-order valence-corrected chi connectivity index (χ4v) is 8.98. The van der Waals surface area contributed by atoms with Crippen LogP contribution in [-0.2, 0) is 23.9 Å².